The average Bonchev–Trinajstić information content (AvgIpc) is 3.65. The Bertz CT molecular complexity index is 1660. The quantitative estimate of drug-likeness (QED) is 0.124. The Hall–Kier alpha value is -3.16. The second-order valence-electron chi connectivity index (χ2n) is 13.2. The fraction of sp³-hybridized carbons (Fsp3) is 0.244. The summed E-state index contributed by atoms with van der Waals surface area (Å²) in [6.45, 7) is 18.1. The minimum absolute atomic E-state index is 0.194. The predicted octanol–water partition coefficient (Wildman–Crippen LogP) is 11.1. The SMILES string of the molecule is CC(C)(C)c1ccc2[cH-]c3ccc(C(C)(C)C)cc3c2c1.Cc1cccc([C](=[Hf+2])c2ccccc2)c1C.c1cc[cH-]c1. The summed E-state index contributed by atoms with van der Waals surface area (Å²) >= 11 is 1.08. The molecule has 0 bridgehead atoms. The molecule has 0 atom stereocenters. The van der Waals surface area contributed by atoms with E-state index in [0.29, 0.717) is 0 Å². The van der Waals surface area contributed by atoms with Crippen molar-refractivity contribution in [1.29, 1.82) is 0 Å². The Balaban J connectivity index is 0.000000170. The average molecular weight is 715 g/mol. The van der Waals surface area contributed by atoms with Crippen LogP contribution >= 0.6 is 0 Å². The summed E-state index contributed by atoms with van der Waals surface area (Å²) in [7, 11) is 0. The summed E-state index contributed by atoms with van der Waals surface area (Å²) in [5, 5.41) is 5.49. The van der Waals surface area contributed by atoms with Crippen molar-refractivity contribution in [3.8, 4) is 0 Å². The molecule has 0 saturated heterocycles. The number of benzene rings is 4. The van der Waals surface area contributed by atoms with Crippen molar-refractivity contribution in [1.82, 2.24) is 0 Å². The summed E-state index contributed by atoms with van der Waals surface area (Å²) < 4.78 is 1.49. The van der Waals surface area contributed by atoms with Crippen molar-refractivity contribution in [2.75, 3.05) is 0 Å². The van der Waals surface area contributed by atoms with Gasteiger partial charge in [-0.25, -0.2) is 12.1 Å². The molecule has 1 heteroatoms. The van der Waals surface area contributed by atoms with E-state index in [0.717, 1.165) is 23.9 Å². The van der Waals surface area contributed by atoms with Gasteiger partial charge in [-0.15, -0.1) is 39.7 Å². The van der Waals surface area contributed by atoms with Gasteiger partial charge in [0, 0.05) is 0 Å². The molecule has 0 spiro atoms. The number of rotatable bonds is 2. The van der Waals surface area contributed by atoms with Crippen LogP contribution in [0.5, 0.6) is 0 Å². The first-order valence-electron chi connectivity index (χ1n) is 14.9. The molecule has 0 nitrogen and oxygen atoms in total. The van der Waals surface area contributed by atoms with Gasteiger partial charge >= 0.3 is 112 Å². The minimum atomic E-state index is 0.194. The molecular formula is C41H44Hf. The van der Waals surface area contributed by atoms with E-state index in [9.17, 15) is 0 Å². The molecule has 0 amide bonds. The summed E-state index contributed by atoms with van der Waals surface area (Å²) in [6.07, 6.45) is 0. The van der Waals surface area contributed by atoms with Gasteiger partial charge in [0.05, 0.1) is 0 Å². The number of hydrogen-bond acceptors (Lipinski definition) is 0. The first-order chi connectivity index (χ1) is 19.9. The van der Waals surface area contributed by atoms with Crippen LogP contribution in [0.1, 0.15) is 74.9 Å². The summed E-state index contributed by atoms with van der Waals surface area (Å²) in [4.78, 5) is 0. The fourth-order valence-electron chi connectivity index (χ4n) is 5.03. The van der Waals surface area contributed by atoms with Crippen LogP contribution in [-0.4, -0.2) is 3.26 Å². The van der Waals surface area contributed by atoms with E-state index in [1.54, 1.807) is 0 Å². The van der Waals surface area contributed by atoms with Crippen LogP contribution in [0.2, 0.25) is 0 Å². The van der Waals surface area contributed by atoms with Crippen LogP contribution in [0.3, 0.4) is 0 Å². The normalized spacial score (nSPS) is 11.5. The zero-order valence-electron chi connectivity index (χ0n) is 26.5. The number of hydrogen-bond donors (Lipinski definition) is 0. The van der Waals surface area contributed by atoms with Crippen molar-refractivity contribution in [3.05, 3.63) is 155 Å². The summed E-state index contributed by atoms with van der Waals surface area (Å²) in [5.74, 6) is 0. The molecule has 212 valence electrons. The molecule has 0 aliphatic carbocycles. The number of aryl methyl sites for hydroxylation is 1. The maximum atomic E-state index is 2.38. The predicted molar refractivity (Wildman–Crippen MR) is 182 cm³/mol. The van der Waals surface area contributed by atoms with Gasteiger partial charge < -0.3 is 0 Å². The third kappa shape index (κ3) is 7.81. The smallest absolute Gasteiger partial charge is 0.172 e. The van der Waals surface area contributed by atoms with Gasteiger partial charge in [-0.05, 0) is 10.8 Å². The Morgan fingerprint density at radius 2 is 1.12 bits per heavy atom. The largest absolute Gasteiger partial charge is 0.214 e. The van der Waals surface area contributed by atoms with Crippen LogP contribution in [-0.2, 0) is 34.7 Å². The van der Waals surface area contributed by atoms with Gasteiger partial charge in [-0.1, -0.05) is 76.9 Å². The van der Waals surface area contributed by atoms with Crippen molar-refractivity contribution in [3.63, 3.8) is 0 Å². The van der Waals surface area contributed by atoms with E-state index >= 15 is 0 Å². The van der Waals surface area contributed by atoms with E-state index in [-0.39, 0.29) is 10.8 Å². The van der Waals surface area contributed by atoms with Gasteiger partial charge in [0.25, 0.3) is 0 Å². The molecule has 0 N–H and O–H groups in total. The Kier molecular flexibility index (Phi) is 10.2. The van der Waals surface area contributed by atoms with Gasteiger partial charge in [-0.2, -0.15) is 18.2 Å². The van der Waals surface area contributed by atoms with Crippen molar-refractivity contribution < 1.29 is 23.9 Å². The van der Waals surface area contributed by atoms with E-state index < -0.39 is 0 Å². The van der Waals surface area contributed by atoms with E-state index in [2.05, 4.69) is 146 Å². The molecule has 0 fully saturated rings. The first-order valence-corrected chi connectivity index (χ1v) is 16.7. The molecule has 42 heavy (non-hydrogen) atoms. The minimum Gasteiger partial charge on any atom is -0.214 e. The van der Waals surface area contributed by atoms with Gasteiger partial charge in [0.2, 0.25) is 0 Å². The van der Waals surface area contributed by atoms with Crippen molar-refractivity contribution in [2.45, 2.75) is 66.2 Å². The topological polar surface area (TPSA) is 0 Å². The van der Waals surface area contributed by atoms with Crippen LogP contribution in [0, 0.1) is 13.8 Å². The van der Waals surface area contributed by atoms with E-state index in [1.807, 2.05) is 30.3 Å². The maximum Gasteiger partial charge on any atom is -0.172 e. The van der Waals surface area contributed by atoms with Gasteiger partial charge in [0.15, 0.2) is 0 Å². The third-order valence-corrected chi connectivity index (χ3v) is 9.94. The Morgan fingerprint density at radius 1 is 0.595 bits per heavy atom. The second-order valence-corrected chi connectivity index (χ2v) is 15.0. The van der Waals surface area contributed by atoms with Crippen molar-refractivity contribution >= 4 is 24.8 Å². The number of fused-ring (bicyclic) bond motifs is 3. The molecule has 0 radical (unpaired) electrons. The second kappa shape index (κ2) is 13.4. The monoisotopic (exact) mass is 716 g/mol. The van der Waals surface area contributed by atoms with Gasteiger partial charge in [0.1, 0.15) is 0 Å². The van der Waals surface area contributed by atoms with Crippen LogP contribution in [0.4, 0.5) is 0 Å². The van der Waals surface area contributed by atoms with Crippen LogP contribution < -0.4 is 0 Å². The molecule has 0 unspecified atom stereocenters. The Labute approximate surface area is 268 Å². The summed E-state index contributed by atoms with van der Waals surface area (Å²) in [6, 6.07) is 43.4. The first kappa shape index (κ1) is 31.8. The zero-order valence-corrected chi connectivity index (χ0v) is 30.1. The van der Waals surface area contributed by atoms with Crippen molar-refractivity contribution in [2.24, 2.45) is 0 Å². The molecule has 6 rings (SSSR count). The third-order valence-electron chi connectivity index (χ3n) is 7.93. The molecule has 6 aromatic carbocycles. The zero-order chi connectivity index (χ0) is 30.5. The molecule has 6 aromatic rings. The maximum absolute atomic E-state index is 2.38. The molecule has 0 heterocycles. The molecular weight excluding hydrogens is 671 g/mol. The van der Waals surface area contributed by atoms with E-state index in [1.165, 1.54) is 58.2 Å². The standard InChI is InChI=1S/C21H25.C15H14.C5H5.Hf/c1-20(2,3)16-9-7-14-11-15-8-10-17(21(4,5)6)13-19(15)18(14)12-16;1-12-7-6-10-15(13(12)2)11-14-8-4-3-5-9-14;1-2-4-5-3-1;/h7-13H,1-6H3;3-10H,1-2H3;1-5H;/q-1;;-1;+2. The molecule has 0 aliphatic heterocycles. The molecule has 0 aromatic heterocycles. The Morgan fingerprint density at radius 3 is 1.57 bits per heavy atom. The van der Waals surface area contributed by atoms with Gasteiger partial charge in [-0.3, -0.25) is 0 Å². The molecule has 0 aliphatic rings. The van der Waals surface area contributed by atoms with Crippen LogP contribution in [0.25, 0.3) is 21.5 Å². The fourth-order valence-corrected chi connectivity index (χ4v) is 6.61. The van der Waals surface area contributed by atoms with E-state index in [4.69, 9.17) is 0 Å². The molecule has 0 saturated carbocycles. The summed E-state index contributed by atoms with van der Waals surface area (Å²) in [5.41, 5.74) is 8.77. The van der Waals surface area contributed by atoms with Crippen LogP contribution in [0.15, 0.2) is 121 Å².